The third-order valence-electron chi connectivity index (χ3n) is 5.54. The van der Waals surface area contributed by atoms with Gasteiger partial charge >= 0.3 is 0 Å². The molecule has 0 aliphatic carbocycles. The Hall–Kier alpha value is -3.16. The number of hydrogen-bond acceptors (Lipinski definition) is 5. The number of aromatic nitrogens is 4. The van der Waals surface area contributed by atoms with Crippen LogP contribution in [0.2, 0.25) is 0 Å². The summed E-state index contributed by atoms with van der Waals surface area (Å²) < 4.78 is 1.78. The second kappa shape index (κ2) is 7.93. The minimum Gasteiger partial charge on any atom is -0.352 e. The first-order valence-corrected chi connectivity index (χ1v) is 10.4. The van der Waals surface area contributed by atoms with E-state index in [0.29, 0.717) is 36.6 Å². The van der Waals surface area contributed by atoms with E-state index < -0.39 is 0 Å². The van der Waals surface area contributed by atoms with Gasteiger partial charge in [-0.1, -0.05) is 30.3 Å². The number of H-pyrrole nitrogens is 1. The molecule has 0 bridgehead atoms. The van der Waals surface area contributed by atoms with Crippen LogP contribution in [-0.4, -0.2) is 38.7 Å². The van der Waals surface area contributed by atoms with Crippen molar-refractivity contribution < 1.29 is 4.79 Å². The standard InChI is InChI=1S/C22H28N6O2/c1-22(2,3)28-18-17(14-24-28)20(30)26-21(25-18)27-11-9-16(10-12-27)19(29)23-13-15-7-5-4-6-8-15/h4-8,14,16H,9-13H2,1-3H3,(H,23,29)(H,25,26,30). The maximum Gasteiger partial charge on any atom is 0.263 e. The Balaban J connectivity index is 1.43. The number of hydrogen-bond donors (Lipinski definition) is 2. The van der Waals surface area contributed by atoms with E-state index in [-0.39, 0.29) is 22.9 Å². The zero-order valence-corrected chi connectivity index (χ0v) is 17.7. The van der Waals surface area contributed by atoms with Gasteiger partial charge in [0.15, 0.2) is 5.65 Å². The molecule has 3 aromatic rings. The van der Waals surface area contributed by atoms with Crippen molar-refractivity contribution in [3.8, 4) is 0 Å². The topological polar surface area (TPSA) is 95.9 Å². The Kier molecular flexibility index (Phi) is 5.32. The molecule has 0 spiro atoms. The summed E-state index contributed by atoms with van der Waals surface area (Å²) in [5.74, 6) is 0.600. The molecule has 1 aliphatic heterocycles. The molecule has 0 atom stereocenters. The molecule has 0 unspecified atom stereocenters. The molecule has 30 heavy (non-hydrogen) atoms. The quantitative estimate of drug-likeness (QED) is 0.691. The van der Waals surface area contributed by atoms with Gasteiger partial charge in [0.1, 0.15) is 5.39 Å². The zero-order chi connectivity index (χ0) is 21.3. The number of carbonyl (C=O) groups excluding carboxylic acids is 1. The number of rotatable bonds is 4. The lowest BCUT2D eigenvalue weighted by molar-refractivity contribution is -0.125. The SMILES string of the molecule is CC(C)(C)n1ncc2c(=O)[nH]c(N3CCC(C(=O)NCc4ccccc4)CC3)nc21. The summed E-state index contributed by atoms with van der Waals surface area (Å²) in [7, 11) is 0. The van der Waals surface area contributed by atoms with Crippen molar-refractivity contribution >= 4 is 22.9 Å². The molecule has 8 heteroatoms. The van der Waals surface area contributed by atoms with Crippen LogP contribution >= 0.6 is 0 Å². The Morgan fingerprint density at radius 3 is 2.57 bits per heavy atom. The summed E-state index contributed by atoms with van der Waals surface area (Å²) in [6.45, 7) is 7.97. The Bertz CT molecular complexity index is 1090. The first-order chi connectivity index (χ1) is 14.3. The third-order valence-corrected chi connectivity index (χ3v) is 5.54. The molecule has 1 aliphatic rings. The van der Waals surface area contributed by atoms with Crippen molar-refractivity contribution in [1.82, 2.24) is 25.1 Å². The molecule has 1 amide bonds. The summed E-state index contributed by atoms with van der Waals surface area (Å²) in [5, 5.41) is 7.88. The normalized spacial score (nSPS) is 15.5. The summed E-state index contributed by atoms with van der Waals surface area (Å²) in [5.41, 5.74) is 1.22. The molecule has 0 radical (unpaired) electrons. The first kappa shape index (κ1) is 20.1. The van der Waals surface area contributed by atoms with E-state index >= 15 is 0 Å². The Labute approximate surface area is 175 Å². The zero-order valence-electron chi connectivity index (χ0n) is 17.7. The van der Waals surface area contributed by atoms with Gasteiger partial charge in [-0.25, -0.2) is 4.68 Å². The van der Waals surface area contributed by atoms with Gasteiger partial charge in [-0.05, 0) is 39.2 Å². The summed E-state index contributed by atoms with van der Waals surface area (Å²) >= 11 is 0. The van der Waals surface area contributed by atoms with Crippen LogP contribution in [0.3, 0.4) is 0 Å². The number of piperidine rings is 1. The second-order valence-corrected chi connectivity index (χ2v) is 8.82. The van der Waals surface area contributed by atoms with Gasteiger partial charge in [0.05, 0.1) is 11.7 Å². The average molecular weight is 409 g/mol. The largest absolute Gasteiger partial charge is 0.352 e. The lowest BCUT2D eigenvalue weighted by atomic mass is 9.96. The van der Waals surface area contributed by atoms with Gasteiger partial charge in [-0.2, -0.15) is 10.1 Å². The molecule has 2 aromatic heterocycles. The molecule has 1 saturated heterocycles. The molecule has 4 rings (SSSR count). The maximum absolute atomic E-state index is 12.5. The molecule has 8 nitrogen and oxygen atoms in total. The number of fused-ring (bicyclic) bond motifs is 1. The number of benzene rings is 1. The van der Waals surface area contributed by atoms with Gasteiger partial charge < -0.3 is 10.2 Å². The molecule has 158 valence electrons. The number of aromatic amines is 1. The highest BCUT2D eigenvalue weighted by molar-refractivity contribution is 5.79. The van der Waals surface area contributed by atoms with Crippen LogP contribution in [-0.2, 0) is 16.9 Å². The highest BCUT2D eigenvalue weighted by Gasteiger charge is 2.27. The van der Waals surface area contributed by atoms with Gasteiger partial charge in [0.25, 0.3) is 5.56 Å². The van der Waals surface area contributed by atoms with E-state index in [1.165, 1.54) is 0 Å². The Morgan fingerprint density at radius 2 is 1.90 bits per heavy atom. The monoisotopic (exact) mass is 408 g/mol. The van der Waals surface area contributed by atoms with E-state index in [2.05, 4.69) is 15.4 Å². The van der Waals surface area contributed by atoms with Gasteiger partial charge in [-0.15, -0.1) is 0 Å². The highest BCUT2D eigenvalue weighted by atomic mass is 16.2. The molecule has 1 fully saturated rings. The van der Waals surface area contributed by atoms with E-state index in [0.717, 1.165) is 18.4 Å². The predicted molar refractivity (Wildman–Crippen MR) is 116 cm³/mol. The molecule has 0 saturated carbocycles. The first-order valence-electron chi connectivity index (χ1n) is 10.4. The highest BCUT2D eigenvalue weighted by Crippen LogP contribution is 2.23. The number of nitrogens with one attached hydrogen (secondary N) is 2. The van der Waals surface area contributed by atoms with Crippen LogP contribution in [0.4, 0.5) is 5.95 Å². The number of anilines is 1. The maximum atomic E-state index is 12.5. The molecular weight excluding hydrogens is 380 g/mol. The van der Waals surface area contributed by atoms with Gasteiger partial charge in [0.2, 0.25) is 11.9 Å². The summed E-state index contributed by atoms with van der Waals surface area (Å²) in [4.78, 5) is 34.7. The van der Waals surface area contributed by atoms with Gasteiger partial charge in [-0.3, -0.25) is 14.6 Å². The predicted octanol–water partition coefficient (Wildman–Crippen LogP) is 2.41. The molecule has 3 heterocycles. The minimum atomic E-state index is -0.274. The van der Waals surface area contributed by atoms with Crippen LogP contribution < -0.4 is 15.8 Å². The lowest BCUT2D eigenvalue weighted by Crippen LogP contribution is -2.41. The van der Waals surface area contributed by atoms with E-state index in [9.17, 15) is 9.59 Å². The van der Waals surface area contributed by atoms with Gasteiger partial charge in [0, 0.05) is 25.6 Å². The lowest BCUT2D eigenvalue weighted by Gasteiger charge is -2.31. The van der Waals surface area contributed by atoms with E-state index in [1.807, 2.05) is 56.0 Å². The van der Waals surface area contributed by atoms with Crippen LogP contribution in [0.1, 0.15) is 39.2 Å². The number of amides is 1. The fourth-order valence-electron chi connectivity index (χ4n) is 3.83. The summed E-state index contributed by atoms with van der Waals surface area (Å²) in [6, 6.07) is 9.91. The summed E-state index contributed by atoms with van der Waals surface area (Å²) in [6.07, 6.45) is 3.02. The third kappa shape index (κ3) is 4.08. The number of carbonyl (C=O) groups is 1. The van der Waals surface area contributed by atoms with Crippen molar-refractivity contribution in [1.29, 1.82) is 0 Å². The Morgan fingerprint density at radius 1 is 1.20 bits per heavy atom. The van der Waals surface area contributed by atoms with E-state index in [1.54, 1.807) is 10.9 Å². The van der Waals surface area contributed by atoms with Crippen molar-refractivity contribution in [2.24, 2.45) is 5.92 Å². The molecule has 2 N–H and O–H groups in total. The van der Waals surface area contributed by atoms with Crippen molar-refractivity contribution in [2.45, 2.75) is 45.7 Å². The van der Waals surface area contributed by atoms with Crippen LogP contribution in [0.15, 0.2) is 41.3 Å². The minimum absolute atomic E-state index is 0.0273. The average Bonchev–Trinajstić information content (AvgIpc) is 3.18. The molecule has 1 aromatic carbocycles. The van der Waals surface area contributed by atoms with E-state index in [4.69, 9.17) is 4.98 Å². The fraction of sp³-hybridized carbons (Fsp3) is 0.455. The second-order valence-electron chi connectivity index (χ2n) is 8.82. The fourth-order valence-corrected chi connectivity index (χ4v) is 3.83. The smallest absolute Gasteiger partial charge is 0.263 e. The van der Waals surface area contributed by atoms with Crippen LogP contribution in [0, 0.1) is 5.92 Å². The van der Waals surface area contributed by atoms with Crippen molar-refractivity contribution in [3.05, 3.63) is 52.4 Å². The van der Waals surface area contributed by atoms with Crippen molar-refractivity contribution in [3.63, 3.8) is 0 Å². The van der Waals surface area contributed by atoms with Crippen molar-refractivity contribution in [2.75, 3.05) is 18.0 Å². The van der Waals surface area contributed by atoms with Crippen LogP contribution in [0.5, 0.6) is 0 Å². The number of nitrogens with zero attached hydrogens (tertiary/aromatic N) is 4. The van der Waals surface area contributed by atoms with Crippen LogP contribution in [0.25, 0.3) is 11.0 Å². The molecular formula is C22H28N6O2.